The van der Waals surface area contributed by atoms with Crippen LogP contribution in [0.25, 0.3) is 0 Å². The van der Waals surface area contributed by atoms with E-state index in [1.165, 1.54) is 12.3 Å². The maximum absolute atomic E-state index is 13.1. The fourth-order valence-electron chi connectivity index (χ4n) is 1.92. The van der Waals surface area contributed by atoms with Crippen LogP contribution >= 0.6 is 11.6 Å². The first kappa shape index (κ1) is 13.7. The van der Waals surface area contributed by atoms with Crippen molar-refractivity contribution in [2.75, 3.05) is 11.9 Å². The topological polar surface area (TPSA) is 29.0 Å². The van der Waals surface area contributed by atoms with Crippen LogP contribution in [0, 0.1) is 12.7 Å². The van der Waals surface area contributed by atoms with Crippen molar-refractivity contribution >= 4 is 17.4 Å². The molecule has 0 radical (unpaired) electrons. The number of hydrogen-bond donors (Lipinski definition) is 0. The molecule has 0 amide bonds. The van der Waals surface area contributed by atoms with Crippen molar-refractivity contribution in [2.24, 2.45) is 0 Å². The minimum Gasteiger partial charge on any atom is -0.354 e. The summed E-state index contributed by atoms with van der Waals surface area (Å²) in [6.07, 6.45) is 1.20. The quantitative estimate of drug-likeness (QED) is 0.804. The molecule has 5 heteroatoms. The second-order valence-electron chi connectivity index (χ2n) is 4.40. The summed E-state index contributed by atoms with van der Waals surface area (Å²) in [6.45, 7) is 2.55. The highest BCUT2D eigenvalue weighted by molar-refractivity contribution is 6.17. The second kappa shape index (κ2) is 5.97. The molecule has 2 rings (SSSR count). The predicted octanol–water partition coefficient (Wildman–Crippen LogP) is 3.30. The number of rotatable bonds is 4. The Labute approximate surface area is 117 Å². The Hall–Kier alpha value is -1.68. The summed E-state index contributed by atoms with van der Waals surface area (Å²) in [5.74, 6) is 0.535. The predicted molar refractivity (Wildman–Crippen MR) is 74.8 cm³/mol. The molecular formula is C14H15ClFN3. The zero-order valence-corrected chi connectivity index (χ0v) is 11.7. The number of pyridine rings is 2. The van der Waals surface area contributed by atoms with Crippen LogP contribution < -0.4 is 4.90 Å². The summed E-state index contributed by atoms with van der Waals surface area (Å²) in [5.41, 5.74) is 2.58. The number of aromatic nitrogens is 2. The molecule has 0 fully saturated rings. The molecule has 100 valence electrons. The normalized spacial score (nSPS) is 10.5. The SMILES string of the molecule is Cc1cccc(CN(C)c2ncc(F)cc2CCl)n1. The highest BCUT2D eigenvalue weighted by Crippen LogP contribution is 2.20. The lowest BCUT2D eigenvalue weighted by molar-refractivity contribution is 0.619. The average molecular weight is 280 g/mol. The first-order valence-electron chi connectivity index (χ1n) is 5.94. The first-order chi connectivity index (χ1) is 9.10. The Kier molecular flexibility index (Phi) is 4.32. The molecule has 0 saturated carbocycles. The highest BCUT2D eigenvalue weighted by Gasteiger charge is 2.11. The van der Waals surface area contributed by atoms with Crippen LogP contribution in [0.3, 0.4) is 0 Å². The summed E-state index contributed by atoms with van der Waals surface area (Å²) in [4.78, 5) is 10.5. The van der Waals surface area contributed by atoms with Gasteiger partial charge in [0.2, 0.25) is 0 Å². The molecule has 0 aliphatic rings. The third kappa shape index (κ3) is 3.41. The summed E-state index contributed by atoms with van der Waals surface area (Å²) in [7, 11) is 1.89. The van der Waals surface area contributed by atoms with Crippen LogP contribution in [0.1, 0.15) is 17.0 Å². The van der Waals surface area contributed by atoms with E-state index >= 15 is 0 Å². The lowest BCUT2D eigenvalue weighted by Gasteiger charge is -2.20. The molecular weight excluding hydrogens is 265 g/mol. The van der Waals surface area contributed by atoms with E-state index < -0.39 is 0 Å². The maximum atomic E-state index is 13.1. The van der Waals surface area contributed by atoms with Gasteiger partial charge in [0.1, 0.15) is 11.6 Å². The van der Waals surface area contributed by atoms with Crippen molar-refractivity contribution in [1.82, 2.24) is 9.97 Å². The Bertz CT molecular complexity index is 574. The van der Waals surface area contributed by atoms with Gasteiger partial charge >= 0.3 is 0 Å². The van der Waals surface area contributed by atoms with Crippen molar-refractivity contribution in [1.29, 1.82) is 0 Å². The number of hydrogen-bond acceptors (Lipinski definition) is 3. The Morgan fingerprint density at radius 2 is 2.16 bits per heavy atom. The Morgan fingerprint density at radius 3 is 2.84 bits per heavy atom. The van der Waals surface area contributed by atoms with E-state index in [1.54, 1.807) is 0 Å². The number of anilines is 1. The minimum absolute atomic E-state index is 0.228. The smallest absolute Gasteiger partial charge is 0.141 e. The fourth-order valence-corrected chi connectivity index (χ4v) is 2.12. The molecule has 2 aromatic rings. The number of halogens is 2. The van der Waals surface area contributed by atoms with Crippen molar-refractivity contribution in [3.8, 4) is 0 Å². The molecule has 0 aliphatic heterocycles. The number of alkyl halides is 1. The van der Waals surface area contributed by atoms with Gasteiger partial charge in [-0.1, -0.05) is 6.07 Å². The molecule has 2 aromatic heterocycles. The molecule has 19 heavy (non-hydrogen) atoms. The van der Waals surface area contributed by atoms with E-state index in [1.807, 2.05) is 37.1 Å². The van der Waals surface area contributed by atoms with Crippen molar-refractivity contribution in [3.63, 3.8) is 0 Å². The van der Waals surface area contributed by atoms with E-state index in [-0.39, 0.29) is 11.7 Å². The van der Waals surface area contributed by atoms with E-state index in [0.29, 0.717) is 17.9 Å². The van der Waals surface area contributed by atoms with Gasteiger partial charge in [-0.3, -0.25) is 4.98 Å². The summed E-state index contributed by atoms with van der Waals surface area (Å²) >= 11 is 5.83. The zero-order valence-electron chi connectivity index (χ0n) is 10.9. The lowest BCUT2D eigenvalue weighted by Crippen LogP contribution is -2.20. The zero-order chi connectivity index (χ0) is 13.8. The van der Waals surface area contributed by atoms with E-state index in [4.69, 9.17) is 11.6 Å². The molecule has 0 aromatic carbocycles. The fraction of sp³-hybridized carbons (Fsp3) is 0.286. The van der Waals surface area contributed by atoms with Gasteiger partial charge in [-0.15, -0.1) is 11.6 Å². The third-order valence-corrected chi connectivity index (χ3v) is 3.05. The van der Waals surface area contributed by atoms with Crippen molar-refractivity contribution < 1.29 is 4.39 Å². The monoisotopic (exact) mass is 279 g/mol. The van der Waals surface area contributed by atoms with Crippen LogP contribution in [0.2, 0.25) is 0 Å². The van der Waals surface area contributed by atoms with Gasteiger partial charge in [0, 0.05) is 18.3 Å². The molecule has 2 heterocycles. The molecule has 0 atom stereocenters. The van der Waals surface area contributed by atoms with Crippen LogP contribution in [0.15, 0.2) is 30.5 Å². The highest BCUT2D eigenvalue weighted by atomic mass is 35.5. The van der Waals surface area contributed by atoms with Gasteiger partial charge in [-0.2, -0.15) is 0 Å². The average Bonchev–Trinajstić information content (AvgIpc) is 2.38. The first-order valence-corrected chi connectivity index (χ1v) is 6.47. The van der Waals surface area contributed by atoms with Gasteiger partial charge < -0.3 is 4.90 Å². The molecule has 0 bridgehead atoms. The van der Waals surface area contributed by atoms with Gasteiger partial charge in [-0.25, -0.2) is 9.37 Å². The Morgan fingerprint density at radius 1 is 1.37 bits per heavy atom. The summed E-state index contributed by atoms with van der Waals surface area (Å²) in [5, 5.41) is 0. The molecule has 0 unspecified atom stereocenters. The maximum Gasteiger partial charge on any atom is 0.141 e. The number of aryl methyl sites for hydroxylation is 1. The standard InChI is InChI=1S/C14H15ClFN3/c1-10-4-3-5-13(18-10)9-19(2)14-11(7-15)6-12(16)8-17-14/h3-6,8H,7,9H2,1-2H3. The minimum atomic E-state index is -0.374. The third-order valence-electron chi connectivity index (χ3n) is 2.76. The Balaban J connectivity index is 2.22. The van der Waals surface area contributed by atoms with Crippen LogP contribution in [0.4, 0.5) is 10.2 Å². The van der Waals surface area contributed by atoms with Crippen LogP contribution in [-0.2, 0) is 12.4 Å². The summed E-state index contributed by atoms with van der Waals surface area (Å²) < 4.78 is 13.1. The van der Waals surface area contributed by atoms with Gasteiger partial charge in [-0.05, 0) is 25.1 Å². The second-order valence-corrected chi connectivity index (χ2v) is 4.66. The lowest BCUT2D eigenvalue weighted by atomic mass is 10.2. The van der Waals surface area contributed by atoms with Crippen molar-refractivity contribution in [2.45, 2.75) is 19.3 Å². The molecule has 3 nitrogen and oxygen atoms in total. The van der Waals surface area contributed by atoms with E-state index in [9.17, 15) is 4.39 Å². The summed E-state index contributed by atoms with van der Waals surface area (Å²) in [6, 6.07) is 7.28. The van der Waals surface area contributed by atoms with Crippen LogP contribution in [0.5, 0.6) is 0 Å². The number of nitrogens with zero attached hydrogens (tertiary/aromatic N) is 3. The van der Waals surface area contributed by atoms with Gasteiger partial charge in [0.05, 0.1) is 24.3 Å². The molecule has 0 saturated heterocycles. The largest absolute Gasteiger partial charge is 0.354 e. The van der Waals surface area contributed by atoms with Crippen molar-refractivity contribution in [3.05, 3.63) is 53.2 Å². The van der Waals surface area contributed by atoms with Gasteiger partial charge in [0.15, 0.2) is 0 Å². The molecule has 0 spiro atoms. The van der Waals surface area contributed by atoms with Gasteiger partial charge in [0.25, 0.3) is 0 Å². The van der Waals surface area contributed by atoms with E-state index in [2.05, 4.69) is 9.97 Å². The molecule has 0 N–H and O–H groups in total. The molecule has 0 aliphatic carbocycles. The van der Waals surface area contributed by atoms with E-state index in [0.717, 1.165) is 11.4 Å². The van der Waals surface area contributed by atoms with Crippen LogP contribution in [-0.4, -0.2) is 17.0 Å².